The number of H-pyrrole nitrogens is 1. The molecule has 8 heteroatoms. The number of aromatic nitrogens is 2. The number of aryl methyl sites for hydroxylation is 1. The molecule has 1 aliphatic heterocycles. The van der Waals surface area contributed by atoms with E-state index in [1.54, 1.807) is 6.07 Å². The first-order chi connectivity index (χ1) is 12.5. The van der Waals surface area contributed by atoms with Gasteiger partial charge < -0.3 is 20.3 Å². The average molecular weight is 378 g/mol. The minimum atomic E-state index is -0.286. The van der Waals surface area contributed by atoms with E-state index >= 15 is 0 Å². The summed E-state index contributed by atoms with van der Waals surface area (Å²) < 4.78 is 5.38. The van der Waals surface area contributed by atoms with E-state index < -0.39 is 0 Å². The maximum Gasteiger partial charge on any atom is 0.319 e. The quantitative estimate of drug-likeness (QED) is 0.748. The number of urea groups is 1. The lowest BCUT2D eigenvalue weighted by Crippen LogP contribution is -2.38. The molecule has 1 aliphatic rings. The zero-order chi connectivity index (χ0) is 18.5. The molecule has 0 spiro atoms. The predicted octanol–water partition coefficient (Wildman–Crippen LogP) is 2.96. The van der Waals surface area contributed by atoms with Gasteiger partial charge in [-0.1, -0.05) is 11.6 Å². The van der Waals surface area contributed by atoms with Crippen LogP contribution < -0.4 is 15.5 Å². The van der Waals surface area contributed by atoms with Crippen molar-refractivity contribution >= 4 is 29.0 Å². The third-order valence-corrected chi connectivity index (χ3v) is 4.56. The van der Waals surface area contributed by atoms with Crippen molar-refractivity contribution in [3.8, 4) is 0 Å². The van der Waals surface area contributed by atoms with Crippen LogP contribution in [0.2, 0.25) is 5.02 Å². The fourth-order valence-electron chi connectivity index (χ4n) is 2.95. The highest BCUT2D eigenvalue weighted by atomic mass is 35.5. The molecule has 1 atom stereocenters. The number of rotatable bonds is 5. The molecule has 2 amide bonds. The Labute approximate surface area is 158 Å². The van der Waals surface area contributed by atoms with Gasteiger partial charge in [-0.05, 0) is 38.1 Å². The van der Waals surface area contributed by atoms with Crippen molar-refractivity contribution in [3.63, 3.8) is 0 Å². The first kappa shape index (κ1) is 18.5. The number of anilines is 2. The van der Waals surface area contributed by atoms with Crippen molar-refractivity contribution in [1.82, 2.24) is 15.5 Å². The van der Waals surface area contributed by atoms with E-state index in [9.17, 15) is 4.79 Å². The number of nitrogens with one attached hydrogen (secondary N) is 3. The summed E-state index contributed by atoms with van der Waals surface area (Å²) >= 11 is 6.25. The van der Waals surface area contributed by atoms with Crippen LogP contribution in [0.4, 0.5) is 16.2 Å². The number of nitrogens with zero attached hydrogens (tertiary/aromatic N) is 2. The van der Waals surface area contributed by atoms with Crippen LogP contribution in [0, 0.1) is 6.92 Å². The molecule has 1 aromatic heterocycles. The van der Waals surface area contributed by atoms with Crippen LogP contribution in [0.25, 0.3) is 0 Å². The smallest absolute Gasteiger partial charge is 0.319 e. The van der Waals surface area contributed by atoms with E-state index in [0.29, 0.717) is 30.3 Å². The lowest BCUT2D eigenvalue weighted by molar-refractivity contribution is 0.122. The second-order valence-corrected chi connectivity index (χ2v) is 6.92. The maximum absolute atomic E-state index is 12.3. The van der Waals surface area contributed by atoms with Crippen molar-refractivity contribution in [1.29, 1.82) is 0 Å². The highest BCUT2D eigenvalue weighted by molar-refractivity contribution is 6.33. The van der Waals surface area contributed by atoms with Crippen LogP contribution in [0.1, 0.15) is 18.3 Å². The lowest BCUT2D eigenvalue weighted by atomic mass is 10.2. The second kappa shape index (κ2) is 8.42. The average Bonchev–Trinajstić information content (AvgIpc) is 3.02. The molecular formula is C18H24ClN5O2. The van der Waals surface area contributed by atoms with E-state index in [1.165, 1.54) is 0 Å². The summed E-state index contributed by atoms with van der Waals surface area (Å²) in [6.45, 7) is 6.95. The molecule has 0 unspecified atom stereocenters. The largest absolute Gasteiger partial charge is 0.378 e. The van der Waals surface area contributed by atoms with Crippen LogP contribution in [-0.4, -0.2) is 48.6 Å². The summed E-state index contributed by atoms with van der Waals surface area (Å²) in [5.74, 6) is 0. The first-order valence-electron chi connectivity index (χ1n) is 8.72. The Balaban J connectivity index is 1.59. The maximum atomic E-state index is 12.3. The first-order valence-corrected chi connectivity index (χ1v) is 9.09. The molecule has 26 heavy (non-hydrogen) atoms. The highest BCUT2D eigenvalue weighted by Crippen LogP contribution is 2.28. The van der Waals surface area contributed by atoms with E-state index in [4.69, 9.17) is 16.3 Å². The molecule has 0 bridgehead atoms. The van der Waals surface area contributed by atoms with Gasteiger partial charge in [0.15, 0.2) is 0 Å². The van der Waals surface area contributed by atoms with Gasteiger partial charge in [0.05, 0.1) is 29.6 Å². The van der Waals surface area contributed by atoms with Gasteiger partial charge in [0.1, 0.15) is 0 Å². The van der Waals surface area contributed by atoms with Gasteiger partial charge in [-0.2, -0.15) is 5.10 Å². The van der Waals surface area contributed by atoms with Gasteiger partial charge in [0, 0.05) is 36.9 Å². The number of carbonyl (C=O) groups is 1. The van der Waals surface area contributed by atoms with Gasteiger partial charge in [0.25, 0.3) is 0 Å². The number of halogens is 1. The van der Waals surface area contributed by atoms with E-state index in [1.807, 2.05) is 32.0 Å². The van der Waals surface area contributed by atoms with Crippen molar-refractivity contribution in [2.45, 2.75) is 26.3 Å². The van der Waals surface area contributed by atoms with Crippen LogP contribution >= 0.6 is 11.6 Å². The lowest BCUT2D eigenvalue weighted by Gasteiger charge is -2.29. The minimum absolute atomic E-state index is 0.0566. The fraction of sp³-hybridized carbons (Fsp3) is 0.444. The van der Waals surface area contributed by atoms with Crippen LogP contribution in [0.5, 0.6) is 0 Å². The van der Waals surface area contributed by atoms with E-state index in [-0.39, 0.29) is 12.1 Å². The van der Waals surface area contributed by atoms with Crippen molar-refractivity contribution < 1.29 is 9.53 Å². The molecular weight excluding hydrogens is 354 g/mol. The summed E-state index contributed by atoms with van der Waals surface area (Å²) in [4.78, 5) is 14.5. The van der Waals surface area contributed by atoms with E-state index in [0.717, 1.165) is 30.2 Å². The van der Waals surface area contributed by atoms with Gasteiger partial charge >= 0.3 is 6.03 Å². The molecule has 0 aliphatic carbocycles. The number of hydrogen-bond acceptors (Lipinski definition) is 4. The van der Waals surface area contributed by atoms with Crippen LogP contribution in [0.15, 0.2) is 24.3 Å². The molecule has 0 radical (unpaired) electrons. The molecule has 2 aromatic rings. The SMILES string of the molecule is Cc1cc(C[C@H](C)NC(=O)Nc2cc(N3CCOCC3)ccc2Cl)n[nH]1. The number of amides is 2. The van der Waals surface area contributed by atoms with Gasteiger partial charge in [-0.15, -0.1) is 0 Å². The fourth-order valence-corrected chi connectivity index (χ4v) is 3.12. The van der Waals surface area contributed by atoms with Crippen molar-refractivity contribution in [2.24, 2.45) is 0 Å². The molecule has 140 valence electrons. The molecule has 2 heterocycles. The molecule has 7 nitrogen and oxygen atoms in total. The molecule has 1 fully saturated rings. The molecule has 3 rings (SSSR count). The number of carbonyl (C=O) groups excluding carboxylic acids is 1. The highest BCUT2D eigenvalue weighted by Gasteiger charge is 2.15. The molecule has 1 aromatic carbocycles. The zero-order valence-electron chi connectivity index (χ0n) is 15.0. The Morgan fingerprint density at radius 3 is 2.85 bits per heavy atom. The summed E-state index contributed by atoms with van der Waals surface area (Å²) in [6.07, 6.45) is 0.652. The van der Waals surface area contributed by atoms with Crippen LogP contribution in [0.3, 0.4) is 0 Å². The number of benzene rings is 1. The number of aromatic amines is 1. The zero-order valence-corrected chi connectivity index (χ0v) is 15.8. The molecule has 3 N–H and O–H groups in total. The van der Waals surface area contributed by atoms with Gasteiger partial charge in [-0.3, -0.25) is 5.10 Å². The summed E-state index contributed by atoms with van der Waals surface area (Å²) in [6, 6.07) is 7.29. The van der Waals surface area contributed by atoms with Gasteiger partial charge in [0.2, 0.25) is 0 Å². The Morgan fingerprint density at radius 1 is 1.38 bits per heavy atom. The Morgan fingerprint density at radius 2 is 2.15 bits per heavy atom. The Hall–Kier alpha value is -2.25. The third-order valence-electron chi connectivity index (χ3n) is 4.23. The topological polar surface area (TPSA) is 82.3 Å². The second-order valence-electron chi connectivity index (χ2n) is 6.51. The predicted molar refractivity (Wildman–Crippen MR) is 103 cm³/mol. The van der Waals surface area contributed by atoms with E-state index in [2.05, 4.69) is 25.7 Å². The van der Waals surface area contributed by atoms with Crippen LogP contribution in [-0.2, 0) is 11.2 Å². The number of ether oxygens (including phenoxy) is 1. The Kier molecular flexibility index (Phi) is 6.00. The summed E-state index contributed by atoms with van der Waals surface area (Å²) in [5, 5.41) is 13.4. The van der Waals surface area contributed by atoms with Crippen molar-refractivity contribution in [2.75, 3.05) is 36.5 Å². The summed E-state index contributed by atoms with van der Waals surface area (Å²) in [7, 11) is 0. The monoisotopic (exact) mass is 377 g/mol. The molecule has 1 saturated heterocycles. The normalized spacial score (nSPS) is 15.6. The molecule has 0 saturated carbocycles. The summed E-state index contributed by atoms with van der Waals surface area (Å²) in [5.41, 5.74) is 3.54. The van der Waals surface area contributed by atoms with Crippen molar-refractivity contribution in [3.05, 3.63) is 40.7 Å². The minimum Gasteiger partial charge on any atom is -0.378 e. The number of hydrogen-bond donors (Lipinski definition) is 3. The Bertz CT molecular complexity index is 758. The standard InChI is InChI=1S/C18H24ClN5O2/c1-12(9-14-10-13(2)22-23-14)20-18(25)21-17-11-15(3-4-16(17)19)24-5-7-26-8-6-24/h3-4,10-12H,5-9H2,1-2H3,(H,22,23)(H2,20,21,25)/t12-/m0/s1. The van der Waals surface area contributed by atoms with Gasteiger partial charge in [-0.25, -0.2) is 4.79 Å². The number of morpholine rings is 1. The third kappa shape index (κ3) is 4.89.